The van der Waals surface area contributed by atoms with Crippen molar-refractivity contribution >= 4 is 17.9 Å². The van der Waals surface area contributed by atoms with Crippen molar-refractivity contribution in [3.63, 3.8) is 0 Å². The summed E-state index contributed by atoms with van der Waals surface area (Å²) in [5.74, 6) is 1.63. The number of anilines is 1. The van der Waals surface area contributed by atoms with Gasteiger partial charge in [0.25, 0.3) is 6.47 Å². The van der Waals surface area contributed by atoms with Crippen LogP contribution in [0.25, 0.3) is 16.8 Å². The second-order valence-corrected chi connectivity index (χ2v) is 9.00. The molecule has 2 aliphatic heterocycles. The molecule has 0 amide bonds. The Bertz CT molecular complexity index is 1430. The molecule has 0 saturated carbocycles. The van der Waals surface area contributed by atoms with E-state index in [9.17, 15) is 9.50 Å². The number of halogens is 1. The highest BCUT2D eigenvalue weighted by Crippen LogP contribution is 2.41. The van der Waals surface area contributed by atoms with E-state index in [4.69, 9.17) is 19.4 Å². The molecule has 0 fully saturated rings. The lowest BCUT2D eigenvalue weighted by atomic mass is 9.96. The van der Waals surface area contributed by atoms with E-state index < -0.39 is 5.60 Å². The molecular weight excluding hydrogens is 469 g/mol. The van der Waals surface area contributed by atoms with Crippen LogP contribution in [0.15, 0.2) is 42.9 Å². The maximum absolute atomic E-state index is 14.7. The summed E-state index contributed by atoms with van der Waals surface area (Å²) in [6, 6.07) is 8.71. The van der Waals surface area contributed by atoms with Crippen LogP contribution in [0.3, 0.4) is 0 Å². The van der Waals surface area contributed by atoms with Gasteiger partial charge in [-0.3, -0.25) is 14.2 Å². The van der Waals surface area contributed by atoms with Crippen LogP contribution in [0.5, 0.6) is 11.5 Å². The van der Waals surface area contributed by atoms with Crippen molar-refractivity contribution in [1.82, 2.24) is 19.6 Å². The van der Waals surface area contributed by atoms with Gasteiger partial charge in [0.15, 0.2) is 17.2 Å². The van der Waals surface area contributed by atoms with E-state index in [1.807, 2.05) is 12.1 Å². The van der Waals surface area contributed by atoms with Crippen LogP contribution >= 0.6 is 0 Å². The second kappa shape index (κ2) is 9.08. The van der Waals surface area contributed by atoms with Gasteiger partial charge in [-0.15, -0.1) is 10.2 Å². The number of carboxylic acid groups (broad SMARTS) is 1. The first-order chi connectivity index (χ1) is 17.3. The summed E-state index contributed by atoms with van der Waals surface area (Å²) in [7, 11) is 0. The molecule has 0 radical (unpaired) electrons. The second-order valence-electron chi connectivity index (χ2n) is 9.00. The summed E-state index contributed by atoms with van der Waals surface area (Å²) in [4.78, 5) is 12.8. The van der Waals surface area contributed by atoms with E-state index >= 15 is 0 Å². The van der Waals surface area contributed by atoms with E-state index in [1.165, 1.54) is 6.07 Å². The molecule has 5 heterocycles. The average molecular weight is 493 g/mol. The number of hydrogen-bond donors (Lipinski definition) is 3. The molecule has 36 heavy (non-hydrogen) atoms. The summed E-state index contributed by atoms with van der Waals surface area (Å²) < 4.78 is 28.6. The lowest BCUT2D eigenvalue weighted by molar-refractivity contribution is -0.122. The predicted molar refractivity (Wildman–Crippen MR) is 128 cm³/mol. The van der Waals surface area contributed by atoms with Crippen molar-refractivity contribution in [3.8, 4) is 22.6 Å². The van der Waals surface area contributed by atoms with E-state index in [0.717, 1.165) is 16.7 Å². The van der Waals surface area contributed by atoms with E-state index in [-0.39, 0.29) is 24.8 Å². The number of aliphatic hydroxyl groups is 1. The zero-order chi connectivity index (χ0) is 25.4. The predicted octanol–water partition coefficient (Wildman–Crippen LogP) is 3.34. The number of carbonyl (C=O) groups is 1. The first-order valence-corrected chi connectivity index (χ1v) is 11.3. The van der Waals surface area contributed by atoms with Gasteiger partial charge in [0, 0.05) is 35.0 Å². The molecule has 186 valence electrons. The quantitative estimate of drug-likeness (QED) is 0.360. The number of pyridine rings is 2. The van der Waals surface area contributed by atoms with Crippen LogP contribution in [0, 0.1) is 5.82 Å². The number of rotatable bonds is 2. The molecule has 3 aromatic heterocycles. The highest BCUT2D eigenvalue weighted by Gasteiger charge is 2.31. The molecule has 0 unspecified atom stereocenters. The minimum Gasteiger partial charge on any atom is -0.493 e. The Morgan fingerprint density at radius 2 is 1.94 bits per heavy atom. The van der Waals surface area contributed by atoms with Gasteiger partial charge in [0.05, 0.1) is 24.8 Å². The fourth-order valence-corrected chi connectivity index (χ4v) is 4.51. The molecule has 10 nitrogen and oxygen atoms in total. The molecule has 1 aromatic carbocycles. The molecule has 11 heteroatoms. The van der Waals surface area contributed by atoms with E-state index in [0.29, 0.717) is 47.4 Å². The third-order valence-electron chi connectivity index (χ3n) is 6.22. The first kappa shape index (κ1) is 23.5. The monoisotopic (exact) mass is 493 g/mol. The van der Waals surface area contributed by atoms with Gasteiger partial charge < -0.3 is 25.0 Å². The number of nitrogens with zero attached hydrogens (tertiary/aromatic N) is 4. The van der Waals surface area contributed by atoms with E-state index in [2.05, 4.69) is 20.5 Å². The van der Waals surface area contributed by atoms with Crippen LogP contribution in [-0.2, 0) is 16.9 Å². The van der Waals surface area contributed by atoms with Gasteiger partial charge in [0.2, 0.25) is 0 Å². The van der Waals surface area contributed by atoms with Crippen LogP contribution in [0.1, 0.15) is 36.6 Å². The van der Waals surface area contributed by atoms with Crippen LogP contribution < -0.4 is 14.8 Å². The Hall–Kier alpha value is -4.25. The summed E-state index contributed by atoms with van der Waals surface area (Å²) in [6.07, 6.45) is 3.30. The maximum atomic E-state index is 14.7. The summed E-state index contributed by atoms with van der Waals surface area (Å²) in [5.41, 5.74) is 3.20. The van der Waals surface area contributed by atoms with Crippen LogP contribution in [-0.4, -0.2) is 49.5 Å². The molecular formula is C25H24FN5O5. The molecule has 6 rings (SSSR count). The average Bonchev–Trinajstić information content (AvgIpc) is 3.50. The maximum Gasteiger partial charge on any atom is 0.290 e. The van der Waals surface area contributed by atoms with E-state index in [1.54, 1.807) is 42.9 Å². The minimum atomic E-state index is -1.04. The van der Waals surface area contributed by atoms with Gasteiger partial charge in [0.1, 0.15) is 23.5 Å². The highest BCUT2D eigenvalue weighted by atomic mass is 19.1. The van der Waals surface area contributed by atoms with Crippen molar-refractivity contribution in [2.24, 2.45) is 0 Å². The van der Waals surface area contributed by atoms with Crippen LogP contribution in [0.4, 0.5) is 10.2 Å². The number of benzene rings is 1. The van der Waals surface area contributed by atoms with Crippen molar-refractivity contribution in [2.75, 3.05) is 18.5 Å². The lowest BCUT2D eigenvalue weighted by Crippen LogP contribution is -2.17. The molecule has 1 atom stereocenters. The van der Waals surface area contributed by atoms with Crippen molar-refractivity contribution in [3.05, 3.63) is 65.5 Å². The molecule has 0 bridgehead atoms. The molecule has 0 saturated heterocycles. The largest absolute Gasteiger partial charge is 0.493 e. The molecule has 0 aliphatic carbocycles. The fourth-order valence-electron chi connectivity index (χ4n) is 4.51. The molecule has 2 aliphatic rings. The number of ether oxygens (including phenoxy) is 2. The van der Waals surface area contributed by atoms with Gasteiger partial charge in [-0.2, -0.15) is 0 Å². The molecule has 0 spiro atoms. The summed E-state index contributed by atoms with van der Waals surface area (Å²) >= 11 is 0. The third kappa shape index (κ3) is 4.07. The highest BCUT2D eigenvalue weighted by molar-refractivity contribution is 5.81. The van der Waals surface area contributed by atoms with Crippen LogP contribution in [0.2, 0.25) is 0 Å². The Kier molecular flexibility index (Phi) is 5.92. The number of hydrogen-bond acceptors (Lipinski definition) is 8. The minimum absolute atomic E-state index is 0.0637. The Labute approximate surface area is 205 Å². The van der Waals surface area contributed by atoms with Gasteiger partial charge in [-0.1, -0.05) is 6.07 Å². The third-order valence-corrected chi connectivity index (χ3v) is 6.22. The van der Waals surface area contributed by atoms with Gasteiger partial charge >= 0.3 is 0 Å². The van der Waals surface area contributed by atoms with Gasteiger partial charge in [-0.05, 0) is 38.1 Å². The zero-order valence-electron chi connectivity index (χ0n) is 19.6. The first-order valence-electron chi connectivity index (χ1n) is 11.3. The van der Waals surface area contributed by atoms with Crippen molar-refractivity contribution in [2.45, 2.75) is 31.9 Å². The Morgan fingerprint density at radius 1 is 1.19 bits per heavy atom. The summed E-state index contributed by atoms with van der Waals surface area (Å²) in [5, 5.41) is 28.8. The van der Waals surface area contributed by atoms with Crippen molar-refractivity contribution < 1.29 is 28.9 Å². The lowest BCUT2D eigenvalue weighted by Gasteiger charge is -2.18. The number of fused-ring (bicyclic) bond motifs is 3. The topological polar surface area (TPSA) is 131 Å². The summed E-state index contributed by atoms with van der Waals surface area (Å²) in [6.45, 7) is 4.21. The standard InChI is InChI=1S/C24H22FN5O3.CH2O2/c1-24(2,31)20-6-3-13(8-26-20)15-7-19-23(30-12-28-29-22(15)30)27-9-16-17(25)4-5-18-21(16)14(10-32-18)11-33-19;2-1-3/h3-8,12,14,27,31H,9-11H2,1-2H3;1H,(H,2,3)/t14-;/m1./s1. The molecule has 3 N–H and O–H groups in total. The Balaban J connectivity index is 0.000000848. The SMILES string of the molecule is CC(C)(O)c1ccc(-c2cc3c(n4cnnc24)NCc2c(F)ccc4c2[C@H](CO4)CO3)cn1.O=CO. The molecule has 4 aromatic rings. The zero-order valence-corrected chi connectivity index (χ0v) is 19.6. The fraction of sp³-hybridized carbons (Fsp3) is 0.280. The smallest absolute Gasteiger partial charge is 0.290 e. The van der Waals surface area contributed by atoms with Gasteiger partial charge in [-0.25, -0.2) is 4.39 Å². The normalized spacial score (nSPS) is 16.1. The number of aromatic nitrogens is 4. The number of nitrogens with one attached hydrogen (secondary N) is 1. The van der Waals surface area contributed by atoms with Crippen molar-refractivity contribution in [1.29, 1.82) is 0 Å². The Morgan fingerprint density at radius 3 is 2.64 bits per heavy atom.